The molecular weight excluding hydrogens is 310 g/mol. The van der Waals surface area contributed by atoms with Gasteiger partial charge in [0.2, 0.25) is 0 Å². The fourth-order valence-corrected chi connectivity index (χ4v) is 3.56. The van der Waals surface area contributed by atoms with E-state index < -0.39 is 0 Å². The van der Waals surface area contributed by atoms with Gasteiger partial charge in [-0.2, -0.15) is 5.10 Å². The van der Waals surface area contributed by atoms with Gasteiger partial charge in [0.1, 0.15) is 0 Å². The van der Waals surface area contributed by atoms with Crippen molar-refractivity contribution >= 4 is 33.4 Å². The van der Waals surface area contributed by atoms with E-state index in [1.807, 2.05) is 30.8 Å². The van der Waals surface area contributed by atoms with E-state index in [4.69, 9.17) is 5.73 Å². The summed E-state index contributed by atoms with van der Waals surface area (Å²) >= 11 is 5.37. The maximum absolute atomic E-state index is 5.82. The van der Waals surface area contributed by atoms with Crippen LogP contribution in [-0.4, -0.2) is 9.78 Å². The van der Waals surface area contributed by atoms with Crippen molar-refractivity contribution in [3.05, 3.63) is 39.6 Å². The van der Waals surface area contributed by atoms with Gasteiger partial charge in [0.25, 0.3) is 0 Å². The Kier molecular flexibility index (Phi) is 4.02. The van der Waals surface area contributed by atoms with E-state index in [0.717, 1.165) is 21.6 Å². The lowest BCUT2D eigenvalue weighted by Crippen LogP contribution is -1.97. The second-order valence-electron chi connectivity index (χ2n) is 4.28. The number of anilines is 1. The Morgan fingerprint density at radius 3 is 2.72 bits per heavy atom. The van der Waals surface area contributed by atoms with Crippen molar-refractivity contribution in [2.24, 2.45) is 7.05 Å². The molecule has 1 aromatic carbocycles. The Labute approximate surface area is 120 Å². The molecule has 0 aliphatic rings. The number of rotatable bonds is 3. The summed E-state index contributed by atoms with van der Waals surface area (Å²) in [6, 6.07) is 6.02. The second kappa shape index (κ2) is 5.36. The summed E-state index contributed by atoms with van der Waals surface area (Å²) in [6.07, 6.45) is 0. The normalized spacial score (nSPS) is 10.9. The van der Waals surface area contributed by atoms with Crippen LogP contribution in [0, 0.1) is 13.8 Å². The van der Waals surface area contributed by atoms with Crippen LogP contribution >= 0.6 is 27.7 Å². The van der Waals surface area contributed by atoms with E-state index in [9.17, 15) is 0 Å². The van der Waals surface area contributed by atoms with Crippen LogP contribution in [-0.2, 0) is 12.8 Å². The molecular formula is C13H16BrN3S. The summed E-state index contributed by atoms with van der Waals surface area (Å²) in [5.74, 6) is 0.877. The third kappa shape index (κ3) is 2.72. The molecule has 0 saturated carbocycles. The van der Waals surface area contributed by atoms with Gasteiger partial charge < -0.3 is 5.73 Å². The first kappa shape index (κ1) is 13.5. The molecule has 0 aliphatic carbocycles. The summed E-state index contributed by atoms with van der Waals surface area (Å²) in [7, 11) is 1.97. The Morgan fingerprint density at radius 2 is 2.11 bits per heavy atom. The highest BCUT2D eigenvalue weighted by atomic mass is 79.9. The third-order valence-electron chi connectivity index (χ3n) is 2.84. The van der Waals surface area contributed by atoms with Crippen LogP contribution in [0.4, 0.5) is 5.69 Å². The minimum atomic E-state index is 0.809. The van der Waals surface area contributed by atoms with Crippen molar-refractivity contribution in [2.75, 3.05) is 5.73 Å². The fraction of sp³-hybridized carbons (Fsp3) is 0.308. The molecule has 5 heteroatoms. The van der Waals surface area contributed by atoms with Gasteiger partial charge in [-0.05, 0) is 47.5 Å². The lowest BCUT2D eigenvalue weighted by atomic mass is 10.2. The topological polar surface area (TPSA) is 43.8 Å². The van der Waals surface area contributed by atoms with E-state index in [1.165, 1.54) is 16.2 Å². The van der Waals surface area contributed by atoms with Crippen LogP contribution in [0.25, 0.3) is 0 Å². The van der Waals surface area contributed by atoms with Crippen molar-refractivity contribution in [1.29, 1.82) is 0 Å². The van der Waals surface area contributed by atoms with Gasteiger partial charge in [-0.1, -0.05) is 6.07 Å². The summed E-state index contributed by atoms with van der Waals surface area (Å²) in [5.41, 5.74) is 10.1. The minimum Gasteiger partial charge on any atom is -0.399 e. The summed E-state index contributed by atoms with van der Waals surface area (Å²) in [5, 5.41) is 4.39. The van der Waals surface area contributed by atoms with Crippen molar-refractivity contribution in [3.8, 4) is 0 Å². The lowest BCUT2D eigenvalue weighted by Gasteiger charge is -2.07. The number of benzene rings is 1. The standard InChI is InChI=1S/C13H16BrN3S/c1-8-4-5-10(15)6-12(8)18-7-11-13(14)9(2)16-17(11)3/h4-6H,7,15H2,1-3H3. The molecule has 2 rings (SSSR count). The summed E-state index contributed by atoms with van der Waals surface area (Å²) in [4.78, 5) is 1.22. The highest BCUT2D eigenvalue weighted by Crippen LogP contribution is 2.31. The predicted molar refractivity (Wildman–Crippen MR) is 80.8 cm³/mol. The Bertz CT molecular complexity index is 578. The van der Waals surface area contributed by atoms with E-state index >= 15 is 0 Å². The van der Waals surface area contributed by atoms with Gasteiger partial charge in [0.05, 0.1) is 15.9 Å². The monoisotopic (exact) mass is 325 g/mol. The number of hydrogen-bond acceptors (Lipinski definition) is 3. The Hall–Kier alpha value is -0.940. The number of nitrogen functional groups attached to an aromatic ring is 1. The van der Waals surface area contributed by atoms with E-state index in [-0.39, 0.29) is 0 Å². The number of aryl methyl sites for hydroxylation is 3. The first-order valence-corrected chi connectivity index (χ1v) is 7.44. The minimum absolute atomic E-state index is 0.809. The number of aromatic nitrogens is 2. The average molecular weight is 326 g/mol. The number of thioether (sulfide) groups is 1. The summed E-state index contributed by atoms with van der Waals surface area (Å²) in [6.45, 7) is 4.11. The third-order valence-corrected chi connectivity index (χ3v) is 5.04. The molecule has 0 fully saturated rings. The molecule has 3 nitrogen and oxygen atoms in total. The molecule has 0 bridgehead atoms. The molecule has 0 saturated heterocycles. The van der Waals surface area contributed by atoms with Gasteiger partial charge in [-0.3, -0.25) is 4.68 Å². The van der Waals surface area contributed by atoms with Crippen molar-refractivity contribution in [3.63, 3.8) is 0 Å². The van der Waals surface area contributed by atoms with Gasteiger partial charge in [-0.25, -0.2) is 0 Å². The summed E-state index contributed by atoms with van der Waals surface area (Å²) < 4.78 is 3.02. The molecule has 18 heavy (non-hydrogen) atoms. The highest BCUT2D eigenvalue weighted by Gasteiger charge is 2.11. The molecule has 1 heterocycles. The van der Waals surface area contributed by atoms with Crippen molar-refractivity contribution in [2.45, 2.75) is 24.5 Å². The van der Waals surface area contributed by atoms with Crippen LogP contribution in [0.5, 0.6) is 0 Å². The first-order chi connectivity index (χ1) is 8.49. The second-order valence-corrected chi connectivity index (χ2v) is 6.09. The van der Waals surface area contributed by atoms with Gasteiger partial charge >= 0.3 is 0 Å². The fourth-order valence-electron chi connectivity index (χ4n) is 1.76. The zero-order valence-electron chi connectivity index (χ0n) is 10.7. The van der Waals surface area contributed by atoms with E-state index in [2.05, 4.69) is 34.0 Å². The quantitative estimate of drug-likeness (QED) is 0.691. The van der Waals surface area contributed by atoms with Crippen LogP contribution in [0.2, 0.25) is 0 Å². The van der Waals surface area contributed by atoms with Crippen LogP contribution in [0.15, 0.2) is 27.6 Å². The zero-order chi connectivity index (χ0) is 13.3. The smallest absolute Gasteiger partial charge is 0.0738 e. The van der Waals surface area contributed by atoms with E-state index in [1.54, 1.807) is 11.8 Å². The van der Waals surface area contributed by atoms with Gasteiger partial charge in [0.15, 0.2) is 0 Å². The molecule has 0 aliphatic heterocycles. The molecule has 2 N–H and O–H groups in total. The van der Waals surface area contributed by atoms with Gasteiger partial charge in [0, 0.05) is 23.4 Å². The SMILES string of the molecule is Cc1ccc(N)cc1SCc1c(Br)c(C)nn1C. The number of nitrogens with two attached hydrogens (primary N) is 1. The Balaban J connectivity index is 2.19. The van der Waals surface area contributed by atoms with Crippen molar-refractivity contribution < 1.29 is 0 Å². The largest absolute Gasteiger partial charge is 0.399 e. The Morgan fingerprint density at radius 1 is 1.39 bits per heavy atom. The van der Waals surface area contributed by atoms with Crippen LogP contribution in [0.1, 0.15) is 17.0 Å². The molecule has 0 atom stereocenters. The molecule has 96 valence electrons. The van der Waals surface area contributed by atoms with Crippen molar-refractivity contribution in [1.82, 2.24) is 9.78 Å². The number of halogens is 1. The molecule has 0 radical (unpaired) electrons. The maximum Gasteiger partial charge on any atom is 0.0738 e. The van der Waals surface area contributed by atoms with Crippen LogP contribution < -0.4 is 5.73 Å². The zero-order valence-corrected chi connectivity index (χ0v) is 13.1. The molecule has 0 spiro atoms. The molecule has 0 unspecified atom stereocenters. The lowest BCUT2D eigenvalue weighted by molar-refractivity contribution is 0.727. The van der Waals surface area contributed by atoms with Gasteiger partial charge in [-0.15, -0.1) is 11.8 Å². The van der Waals surface area contributed by atoms with E-state index in [0.29, 0.717) is 0 Å². The number of nitrogens with zero attached hydrogens (tertiary/aromatic N) is 2. The first-order valence-electron chi connectivity index (χ1n) is 5.66. The molecule has 1 aromatic heterocycles. The molecule has 2 aromatic rings. The maximum atomic E-state index is 5.82. The average Bonchev–Trinajstić information content (AvgIpc) is 2.55. The molecule has 0 amide bonds. The van der Waals surface area contributed by atoms with Crippen LogP contribution in [0.3, 0.4) is 0 Å². The predicted octanol–water partition coefficient (Wildman–Crippen LogP) is 3.67. The number of hydrogen-bond donors (Lipinski definition) is 1. The highest BCUT2D eigenvalue weighted by molar-refractivity contribution is 9.10.